The van der Waals surface area contributed by atoms with E-state index >= 15 is 0 Å². The SMILES string of the molecule is CCCCOC(=O)N1CCN(C(=O)c2cc(S(=O)(=O)N(C)C)ccc2N)CC1. The van der Waals surface area contributed by atoms with E-state index < -0.39 is 10.0 Å². The van der Waals surface area contributed by atoms with E-state index in [1.807, 2.05) is 6.92 Å². The predicted octanol–water partition coefficient (Wildman–Crippen LogP) is 1.21. The van der Waals surface area contributed by atoms with Crippen molar-refractivity contribution in [1.29, 1.82) is 0 Å². The second-order valence-electron chi connectivity index (χ2n) is 6.78. The molecule has 0 aliphatic carbocycles. The van der Waals surface area contributed by atoms with Gasteiger partial charge in [0.15, 0.2) is 0 Å². The lowest BCUT2D eigenvalue weighted by atomic mass is 10.1. The number of benzene rings is 1. The van der Waals surface area contributed by atoms with Crippen molar-refractivity contribution in [3.63, 3.8) is 0 Å². The minimum Gasteiger partial charge on any atom is -0.449 e. The van der Waals surface area contributed by atoms with Crippen molar-refractivity contribution in [2.24, 2.45) is 0 Å². The predicted molar refractivity (Wildman–Crippen MR) is 105 cm³/mol. The summed E-state index contributed by atoms with van der Waals surface area (Å²) in [5, 5.41) is 0. The molecule has 1 heterocycles. The fourth-order valence-corrected chi connectivity index (χ4v) is 3.68. The molecule has 0 aromatic heterocycles. The van der Waals surface area contributed by atoms with Crippen LogP contribution in [0.25, 0.3) is 0 Å². The second kappa shape index (κ2) is 9.24. The standard InChI is InChI=1S/C18H28N4O5S/c1-4-5-12-27-18(24)22-10-8-21(9-11-22)17(23)15-13-14(6-7-16(15)19)28(25,26)20(2)3/h6-7,13H,4-5,8-12,19H2,1-3H3. The maximum atomic E-state index is 12.9. The molecule has 1 aliphatic heterocycles. The third kappa shape index (κ3) is 4.93. The van der Waals surface area contributed by atoms with Crippen LogP contribution in [0.5, 0.6) is 0 Å². The van der Waals surface area contributed by atoms with Gasteiger partial charge < -0.3 is 20.3 Å². The largest absolute Gasteiger partial charge is 0.449 e. The Bertz CT molecular complexity index is 817. The van der Waals surface area contributed by atoms with Crippen LogP contribution in [-0.4, -0.2) is 81.4 Å². The van der Waals surface area contributed by atoms with E-state index in [9.17, 15) is 18.0 Å². The number of nitrogens with zero attached hydrogens (tertiary/aromatic N) is 3. The second-order valence-corrected chi connectivity index (χ2v) is 8.94. The maximum absolute atomic E-state index is 12.9. The monoisotopic (exact) mass is 412 g/mol. The van der Waals surface area contributed by atoms with Gasteiger partial charge >= 0.3 is 6.09 Å². The quantitative estimate of drug-likeness (QED) is 0.555. The van der Waals surface area contributed by atoms with Crippen molar-refractivity contribution >= 4 is 27.7 Å². The molecule has 0 unspecified atom stereocenters. The number of rotatable bonds is 6. The molecule has 1 saturated heterocycles. The molecule has 1 fully saturated rings. The zero-order chi connectivity index (χ0) is 20.9. The Morgan fingerprint density at radius 2 is 1.75 bits per heavy atom. The molecule has 2 amide bonds. The highest BCUT2D eigenvalue weighted by Gasteiger charge is 2.28. The lowest BCUT2D eigenvalue weighted by molar-refractivity contribution is 0.0558. The minimum absolute atomic E-state index is 0.00758. The number of carbonyl (C=O) groups is 2. The van der Waals surface area contributed by atoms with Crippen molar-refractivity contribution in [3.8, 4) is 0 Å². The van der Waals surface area contributed by atoms with Gasteiger partial charge in [0.1, 0.15) is 0 Å². The molecule has 0 saturated carbocycles. The van der Waals surface area contributed by atoms with Crippen molar-refractivity contribution in [1.82, 2.24) is 14.1 Å². The van der Waals surface area contributed by atoms with Crippen LogP contribution in [0.3, 0.4) is 0 Å². The van der Waals surface area contributed by atoms with Gasteiger partial charge in [0.2, 0.25) is 10.0 Å². The van der Waals surface area contributed by atoms with Crippen LogP contribution in [0, 0.1) is 0 Å². The van der Waals surface area contributed by atoms with Gasteiger partial charge in [-0.25, -0.2) is 17.5 Å². The van der Waals surface area contributed by atoms with Crippen LogP contribution < -0.4 is 5.73 Å². The zero-order valence-corrected chi connectivity index (χ0v) is 17.4. The van der Waals surface area contributed by atoms with Gasteiger partial charge in [0.25, 0.3) is 5.91 Å². The molecule has 0 bridgehead atoms. The zero-order valence-electron chi connectivity index (χ0n) is 16.6. The molecule has 2 rings (SSSR count). The first kappa shape index (κ1) is 22.0. The number of ether oxygens (including phenoxy) is 1. The Balaban J connectivity index is 2.07. The lowest BCUT2D eigenvalue weighted by Gasteiger charge is -2.34. The first-order valence-corrected chi connectivity index (χ1v) is 10.7. The summed E-state index contributed by atoms with van der Waals surface area (Å²) < 4.78 is 30.9. The minimum atomic E-state index is -3.67. The van der Waals surface area contributed by atoms with E-state index in [4.69, 9.17) is 10.5 Å². The summed E-state index contributed by atoms with van der Waals surface area (Å²) in [5.74, 6) is -0.354. The van der Waals surface area contributed by atoms with Crippen molar-refractivity contribution in [2.45, 2.75) is 24.7 Å². The Morgan fingerprint density at radius 1 is 1.14 bits per heavy atom. The number of hydrogen-bond acceptors (Lipinski definition) is 6. The number of anilines is 1. The van der Waals surface area contributed by atoms with E-state index in [2.05, 4.69) is 0 Å². The molecular weight excluding hydrogens is 384 g/mol. The van der Waals surface area contributed by atoms with E-state index in [0.29, 0.717) is 32.8 Å². The fourth-order valence-electron chi connectivity index (χ4n) is 2.75. The molecule has 9 nitrogen and oxygen atoms in total. The summed E-state index contributed by atoms with van der Waals surface area (Å²) >= 11 is 0. The molecule has 156 valence electrons. The van der Waals surface area contributed by atoms with Gasteiger partial charge in [0, 0.05) is 46.0 Å². The summed E-state index contributed by atoms with van der Waals surface area (Å²) in [6, 6.07) is 4.11. The number of nitrogen functional groups attached to an aromatic ring is 1. The number of hydrogen-bond donors (Lipinski definition) is 1. The van der Waals surface area contributed by atoms with Crippen LogP contribution in [0.4, 0.5) is 10.5 Å². The highest BCUT2D eigenvalue weighted by atomic mass is 32.2. The lowest BCUT2D eigenvalue weighted by Crippen LogP contribution is -2.50. The molecule has 0 radical (unpaired) electrons. The molecule has 28 heavy (non-hydrogen) atoms. The van der Waals surface area contributed by atoms with E-state index in [1.165, 1.54) is 32.3 Å². The highest BCUT2D eigenvalue weighted by molar-refractivity contribution is 7.89. The first-order valence-electron chi connectivity index (χ1n) is 9.21. The van der Waals surface area contributed by atoms with Crippen molar-refractivity contribution in [3.05, 3.63) is 23.8 Å². The molecule has 0 atom stereocenters. The maximum Gasteiger partial charge on any atom is 0.409 e. The van der Waals surface area contributed by atoms with Crippen LogP contribution >= 0.6 is 0 Å². The average Bonchev–Trinajstić information content (AvgIpc) is 2.67. The molecular formula is C18H28N4O5S. The number of nitrogens with two attached hydrogens (primary N) is 1. The van der Waals surface area contributed by atoms with Crippen LogP contribution in [0.2, 0.25) is 0 Å². The topological polar surface area (TPSA) is 113 Å². The molecule has 0 spiro atoms. The van der Waals surface area contributed by atoms with Gasteiger partial charge in [-0.05, 0) is 24.6 Å². The Labute approximate surface area is 166 Å². The van der Waals surface area contributed by atoms with Crippen LogP contribution in [0.15, 0.2) is 23.1 Å². The number of sulfonamides is 1. The van der Waals surface area contributed by atoms with Gasteiger partial charge in [-0.3, -0.25) is 4.79 Å². The van der Waals surface area contributed by atoms with Gasteiger partial charge in [-0.1, -0.05) is 13.3 Å². The fraction of sp³-hybridized carbons (Fsp3) is 0.556. The van der Waals surface area contributed by atoms with Gasteiger partial charge in [0.05, 0.1) is 17.1 Å². The van der Waals surface area contributed by atoms with Crippen LogP contribution in [0.1, 0.15) is 30.1 Å². The van der Waals surface area contributed by atoms with Crippen LogP contribution in [-0.2, 0) is 14.8 Å². The Kier molecular flexibility index (Phi) is 7.25. The third-order valence-electron chi connectivity index (χ3n) is 4.58. The summed E-state index contributed by atoms with van der Waals surface area (Å²) in [6.45, 7) is 3.76. The van der Waals surface area contributed by atoms with Crippen molar-refractivity contribution in [2.75, 3.05) is 52.6 Å². The summed E-state index contributed by atoms with van der Waals surface area (Å²) in [6.07, 6.45) is 1.38. The molecule has 1 aliphatic rings. The van der Waals surface area contributed by atoms with E-state index in [0.717, 1.165) is 17.1 Å². The van der Waals surface area contributed by atoms with E-state index in [1.54, 1.807) is 9.80 Å². The molecule has 1 aromatic rings. The Hall–Kier alpha value is -2.33. The Morgan fingerprint density at radius 3 is 2.32 bits per heavy atom. The highest BCUT2D eigenvalue weighted by Crippen LogP contribution is 2.22. The number of piperazine rings is 1. The van der Waals surface area contributed by atoms with Gasteiger partial charge in [-0.15, -0.1) is 0 Å². The normalized spacial score (nSPS) is 15.0. The summed E-state index contributed by atoms with van der Waals surface area (Å²) in [4.78, 5) is 28.0. The first-order chi connectivity index (χ1) is 13.2. The van der Waals surface area contributed by atoms with Crippen molar-refractivity contribution < 1.29 is 22.7 Å². The summed E-state index contributed by atoms with van der Waals surface area (Å²) in [7, 11) is -0.829. The third-order valence-corrected chi connectivity index (χ3v) is 6.39. The van der Waals surface area contributed by atoms with Gasteiger partial charge in [-0.2, -0.15) is 0 Å². The average molecular weight is 413 g/mol. The number of amides is 2. The molecule has 2 N–H and O–H groups in total. The molecule has 1 aromatic carbocycles. The van der Waals surface area contributed by atoms with E-state index in [-0.39, 0.29) is 28.1 Å². The smallest absolute Gasteiger partial charge is 0.409 e. The number of carbonyl (C=O) groups excluding carboxylic acids is 2. The summed E-state index contributed by atoms with van der Waals surface area (Å²) in [5.41, 5.74) is 6.27. The number of unbranched alkanes of at least 4 members (excludes halogenated alkanes) is 1. The molecule has 10 heteroatoms.